The number of rotatable bonds is 6. The molecule has 3 heterocycles. The molecule has 0 spiro atoms. The van der Waals surface area contributed by atoms with Crippen LogP contribution in [-0.4, -0.2) is 54.8 Å². The van der Waals surface area contributed by atoms with E-state index >= 15 is 0 Å². The number of benzene rings is 2. The van der Waals surface area contributed by atoms with Crippen molar-refractivity contribution >= 4 is 69.6 Å². The molecule has 1 aliphatic rings. The lowest BCUT2D eigenvalue weighted by molar-refractivity contribution is 0.275. The zero-order valence-electron chi connectivity index (χ0n) is 19.0. The predicted octanol–water partition coefficient (Wildman–Crippen LogP) is 4.66. The van der Waals surface area contributed by atoms with E-state index in [4.69, 9.17) is 42.6 Å². The number of nitrogens with zero attached hydrogens (tertiary/aromatic N) is 4. The van der Waals surface area contributed by atoms with E-state index in [2.05, 4.69) is 15.4 Å². The van der Waals surface area contributed by atoms with Crippen LogP contribution in [0.4, 0.5) is 5.82 Å². The van der Waals surface area contributed by atoms with Crippen LogP contribution in [0, 0.1) is 5.92 Å². The Balaban J connectivity index is 1.37. The molecule has 1 unspecified atom stereocenters. The lowest BCUT2D eigenvalue weighted by Gasteiger charge is -2.32. The van der Waals surface area contributed by atoms with Gasteiger partial charge in [0, 0.05) is 42.5 Å². The third-order valence-corrected chi connectivity index (χ3v) is 9.16. The lowest BCUT2D eigenvalue weighted by atomic mass is 9.99. The van der Waals surface area contributed by atoms with Gasteiger partial charge in [0.25, 0.3) is 0 Å². The molecule has 184 valence electrons. The standard InChI is InChI=1S/C24H21BCl3N5O2S/c25-18-13-30-33-23(11-22(31-24(18)33)17-5-1-2-6-19(17)26)29-12-15-4-3-9-32(14-15)36(34,35)16-7-8-20(27)21(28)10-16/h1-2,5-8,10-11,13,15,29H,3-4,9,12,14H2. The minimum Gasteiger partial charge on any atom is -0.370 e. The average Bonchev–Trinajstić information content (AvgIpc) is 3.25. The third-order valence-electron chi connectivity index (χ3n) is 6.23. The predicted molar refractivity (Wildman–Crippen MR) is 145 cm³/mol. The first-order chi connectivity index (χ1) is 17.2. The van der Waals surface area contributed by atoms with Gasteiger partial charge in [0.05, 0.1) is 20.6 Å². The van der Waals surface area contributed by atoms with Crippen molar-refractivity contribution in [3.8, 4) is 11.3 Å². The molecule has 0 aliphatic carbocycles. The SMILES string of the molecule is [B]c1cnn2c(NCC3CCCN(S(=O)(=O)c4ccc(Cl)c(Cl)c4)C3)cc(-c3ccccc3Cl)nc12. The van der Waals surface area contributed by atoms with Gasteiger partial charge in [-0.1, -0.05) is 53.0 Å². The molecule has 12 heteroatoms. The first-order valence-electron chi connectivity index (χ1n) is 11.3. The molecule has 2 aromatic heterocycles. The van der Waals surface area contributed by atoms with E-state index in [1.807, 2.05) is 24.3 Å². The fourth-order valence-corrected chi connectivity index (χ4v) is 6.54. The Morgan fingerprint density at radius 3 is 2.64 bits per heavy atom. The summed E-state index contributed by atoms with van der Waals surface area (Å²) < 4.78 is 29.6. The van der Waals surface area contributed by atoms with Crippen molar-refractivity contribution in [2.75, 3.05) is 25.0 Å². The second kappa shape index (κ2) is 10.2. The molecule has 2 aromatic carbocycles. The molecule has 1 saturated heterocycles. The molecular formula is C24H21BCl3N5O2S. The Hall–Kier alpha value is -2.30. The van der Waals surface area contributed by atoms with Crippen molar-refractivity contribution < 1.29 is 8.42 Å². The van der Waals surface area contributed by atoms with Crippen molar-refractivity contribution in [1.29, 1.82) is 0 Å². The number of sulfonamides is 1. The molecule has 1 aliphatic heterocycles. The highest BCUT2D eigenvalue weighted by atomic mass is 35.5. The first-order valence-corrected chi connectivity index (χ1v) is 13.9. The van der Waals surface area contributed by atoms with Crippen LogP contribution in [0.1, 0.15) is 12.8 Å². The van der Waals surface area contributed by atoms with Gasteiger partial charge in [0.2, 0.25) is 10.0 Å². The molecule has 5 rings (SSSR count). The van der Waals surface area contributed by atoms with Crippen molar-refractivity contribution in [2.45, 2.75) is 17.7 Å². The molecule has 1 atom stereocenters. The lowest BCUT2D eigenvalue weighted by Crippen LogP contribution is -2.41. The van der Waals surface area contributed by atoms with Crippen molar-refractivity contribution in [3.63, 3.8) is 0 Å². The summed E-state index contributed by atoms with van der Waals surface area (Å²) in [6, 6.07) is 13.7. The van der Waals surface area contributed by atoms with Gasteiger partial charge in [0.1, 0.15) is 13.7 Å². The normalized spacial score (nSPS) is 16.9. The summed E-state index contributed by atoms with van der Waals surface area (Å²) in [5.41, 5.74) is 2.41. The van der Waals surface area contributed by atoms with Gasteiger partial charge >= 0.3 is 0 Å². The number of piperidine rings is 1. The third kappa shape index (κ3) is 4.95. The first kappa shape index (κ1) is 25.4. The fourth-order valence-electron chi connectivity index (χ4n) is 4.36. The van der Waals surface area contributed by atoms with E-state index < -0.39 is 10.0 Å². The van der Waals surface area contributed by atoms with Gasteiger partial charge in [-0.3, -0.25) is 0 Å². The van der Waals surface area contributed by atoms with Gasteiger partial charge in [-0.25, -0.2) is 13.4 Å². The number of anilines is 1. The number of hydrogen-bond acceptors (Lipinski definition) is 5. The van der Waals surface area contributed by atoms with E-state index in [0.29, 0.717) is 52.3 Å². The zero-order valence-corrected chi connectivity index (χ0v) is 22.1. The average molecular weight is 561 g/mol. The van der Waals surface area contributed by atoms with Gasteiger partial charge < -0.3 is 5.32 Å². The van der Waals surface area contributed by atoms with Gasteiger partial charge in [-0.2, -0.15) is 13.9 Å². The van der Waals surface area contributed by atoms with E-state index in [-0.39, 0.29) is 15.8 Å². The van der Waals surface area contributed by atoms with Gasteiger partial charge in [-0.05, 0) is 48.5 Å². The van der Waals surface area contributed by atoms with Crippen molar-refractivity contribution in [3.05, 3.63) is 69.8 Å². The maximum absolute atomic E-state index is 13.2. The molecule has 0 bridgehead atoms. The highest BCUT2D eigenvalue weighted by molar-refractivity contribution is 7.89. The summed E-state index contributed by atoms with van der Waals surface area (Å²) in [5.74, 6) is 0.771. The molecule has 7 nitrogen and oxygen atoms in total. The Morgan fingerprint density at radius 2 is 1.86 bits per heavy atom. The molecular weight excluding hydrogens is 540 g/mol. The van der Waals surface area contributed by atoms with Crippen LogP contribution in [0.25, 0.3) is 16.9 Å². The number of aromatic nitrogens is 3. The Bertz CT molecular complexity index is 1550. The molecule has 36 heavy (non-hydrogen) atoms. The highest BCUT2D eigenvalue weighted by Gasteiger charge is 2.30. The van der Waals surface area contributed by atoms with Crippen molar-refractivity contribution in [2.24, 2.45) is 5.92 Å². The van der Waals surface area contributed by atoms with Gasteiger partial charge in [-0.15, -0.1) is 0 Å². The molecule has 1 N–H and O–H groups in total. The summed E-state index contributed by atoms with van der Waals surface area (Å²) in [5, 5.41) is 8.89. The highest BCUT2D eigenvalue weighted by Crippen LogP contribution is 2.30. The smallest absolute Gasteiger partial charge is 0.243 e. The second-order valence-electron chi connectivity index (χ2n) is 8.67. The summed E-state index contributed by atoms with van der Waals surface area (Å²) in [7, 11) is 2.42. The number of fused-ring (bicyclic) bond motifs is 1. The van der Waals surface area contributed by atoms with Crippen LogP contribution in [0.5, 0.6) is 0 Å². The number of nitrogens with one attached hydrogen (secondary N) is 1. The largest absolute Gasteiger partial charge is 0.370 e. The summed E-state index contributed by atoms with van der Waals surface area (Å²) in [6.07, 6.45) is 3.18. The van der Waals surface area contributed by atoms with Gasteiger partial charge in [0.15, 0.2) is 5.65 Å². The topological polar surface area (TPSA) is 79.6 Å². The quantitative estimate of drug-likeness (QED) is 0.347. The van der Waals surface area contributed by atoms with Crippen LogP contribution in [0.2, 0.25) is 15.1 Å². The molecule has 1 fully saturated rings. The van der Waals surface area contributed by atoms with E-state index in [0.717, 1.165) is 18.4 Å². The number of halogens is 3. The Labute approximate surface area is 225 Å². The monoisotopic (exact) mass is 559 g/mol. The van der Waals surface area contributed by atoms with E-state index in [1.54, 1.807) is 16.8 Å². The van der Waals surface area contributed by atoms with Crippen LogP contribution in [0.15, 0.2) is 59.6 Å². The molecule has 0 amide bonds. The number of hydrogen-bond donors (Lipinski definition) is 1. The summed E-state index contributed by atoms with van der Waals surface area (Å²) in [6.45, 7) is 1.36. The summed E-state index contributed by atoms with van der Waals surface area (Å²) in [4.78, 5) is 4.79. The molecule has 0 saturated carbocycles. The van der Waals surface area contributed by atoms with Crippen LogP contribution >= 0.6 is 34.8 Å². The molecule has 4 aromatic rings. The molecule has 2 radical (unpaired) electrons. The summed E-state index contributed by atoms with van der Waals surface area (Å²) >= 11 is 18.4. The minimum absolute atomic E-state index is 0.0798. The Morgan fingerprint density at radius 1 is 1.06 bits per heavy atom. The maximum atomic E-state index is 13.2. The minimum atomic E-state index is -3.69. The van der Waals surface area contributed by atoms with Crippen LogP contribution in [0.3, 0.4) is 0 Å². The fraction of sp³-hybridized carbons (Fsp3) is 0.250. The van der Waals surface area contributed by atoms with Crippen molar-refractivity contribution in [1.82, 2.24) is 18.9 Å². The second-order valence-corrected chi connectivity index (χ2v) is 11.8. The Kier molecular flexibility index (Phi) is 7.20. The zero-order chi connectivity index (χ0) is 25.4. The van der Waals surface area contributed by atoms with E-state index in [1.165, 1.54) is 22.5 Å². The maximum Gasteiger partial charge on any atom is 0.243 e. The van der Waals surface area contributed by atoms with Crippen LogP contribution < -0.4 is 10.8 Å². The van der Waals surface area contributed by atoms with Crippen LogP contribution in [-0.2, 0) is 10.0 Å². The van der Waals surface area contributed by atoms with E-state index in [9.17, 15) is 8.42 Å².